The van der Waals surface area contributed by atoms with E-state index in [1.807, 2.05) is 48.5 Å². The Kier molecular flexibility index (Phi) is 3.55. The van der Waals surface area contributed by atoms with Crippen molar-refractivity contribution in [3.05, 3.63) is 54.7 Å². The molecule has 0 spiro atoms. The first-order valence-corrected chi connectivity index (χ1v) is 6.52. The van der Waals surface area contributed by atoms with Gasteiger partial charge in [0.2, 0.25) is 0 Å². The van der Waals surface area contributed by atoms with Crippen molar-refractivity contribution in [2.24, 2.45) is 0 Å². The average molecular weight is 281 g/mol. The van der Waals surface area contributed by atoms with Crippen LogP contribution in [-0.2, 0) is 0 Å². The summed E-state index contributed by atoms with van der Waals surface area (Å²) in [6.07, 6.45) is 1.70. The Hall–Kier alpha value is -2.82. The molecule has 2 aromatic carbocycles. The normalized spacial score (nSPS) is 10.4. The van der Waals surface area contributed by atoms with E-state index in [9.17, 15) is 0 Å². The predicted molar refractivity (Wildman–Crippen MR) is 79.9 cm³/mol. The molecule has 21 heavy (non-hydrogen) atoms. The minimum atomic E-state index is 0.717. The molecule has 3 rings (SSSR count). The summed E-state index contributed by atoms with van der Waals surface area (Å²) in [5.74, 6) is 1.43. The SMILES string of the molecule is COc1cccc(OC)c1-c1cnnn1-c1ccccc1. The van der Waals surface area contributed by atoms with Gasteiger partial charge in [0.05, 0.1) is 31.7 Å². The molecule has 0 atom stereocenters. The number of hydrogen-bond acceptors (Lipinski definition) is 4. The molecule has 5 heteroatoms. The van der Waals surface area contributed by atoms with E-state index in [1.54, 1.807) is 25.1 Å². The fraction of sp³-hybridized carbons (Fsp3) is 0.125. The molecule has 106 valence electrons. The van der Waals surface area contributed by atoms with Crippen molar-refractivity contribution in [3.63, 3.8) is 0 Å². The van der Waals surface area contributed by atoms with Gasteiger partial charge in [-0.15, -0.1) is 5.10 Å². The van der Waals surface area contributed by atoms with Crippen LogP contribution in [0.1, 0.15) is 0 Å². The van der Waals surface area contributed by atoms with Crippen molar-refractivity contribution in [3.8, 4) is 28.4 Å². The number of aromatic nitrogens is 3. The number of hydrogen-bond donors (Lipinski definition) is 0. The van der Waals surface area contributed by atoms with Crippen LogP contribution in [0.4, 0.5) is 0 Å². The zero-order valence-electron chi connectivity index (χ0n) is 11.9. The van der Waals surface area contributed by atoms with Crippen molar-refractivity contribution < 1.29 is 9.47 Å². The first kappa shape index (κ1) is 13.2. The Bertz CT molecular complexity index is 716. The van der Waals surface area contributed by atoms with Gasteiger partial charge in [0.1, 0.15) is 17.2 Å². The number of methoxy groups -OCH3 is 2. The van der Waals surface area contributed by atoms with Gasteiger partial charge in [-0.1, -0.05) is 29.5 Å². The summed E-state index contributed by atoms with van der Waals surface area (Å²) in [4.78, 5) is 0. The lowest BCUT2D eigenvalue weighted by Gasteiger charge is -2.13. The lowest BCUT2D eigenvalue weighted by atomic mass is 10.1. The van der Waals surface area contributed by atoms with Gasteiger partial charge in [-0.05, 0) is 24.3 Å². The molecule has 3 aromatic rings. The van der Waals surface area contributed by atoms with Crippen LogP contribution in [0.3, 0.4) is 0 Å². The Morgan fingerprint density at radius 3 is 2.14 bits per heavy atom. The predicted octanol–water partition coefficient (Wildman–Crippen LogP) is 2.95. The van der Waals surface area contributed by atoms with Crippen LogP contribution >= 0.6 is 0 Å². The van der Waals surface area contributed by atoms with E-state index in [2.05, 4.69) is 10.3 Å². The van der Waals surface area contributed by atoms with Crippen LogP contribution < -0.4 is 9.47 Å². The number of rotatable bonds is 4. The zero-order chi connectivity index (χ0) is 14.7. The number of ether oxygens (including phenoxy) is 2. The molecule has 1 aromatic heterocycles. The standard InChI is InChI=1S/C16H15N3O2/c1-20-14-9-6-10-15(21-2)16(14)13-11-17-18-19(13)12-7-4-3-5-8-12/h3-11H,1-2H3. The number of nitrogens with zero attached hydrogens (tertiary/aromatic N) is 3. The summed E-state index contributed by atoms with van der Waals surface area (Å²) in [6.45, 7) is 0. The van der Waals surface area contributed by atoms with Crippen molar-refractivity contribution in [2.45, 2.75) is 0 Å². The van der Waals surface area contributed by atoms with E-state index in [1.165, 1.54) is 0 Å². The van der Waals surface area contributed by atoms with Crippen LogP contribution in [0, 0.1) is 0 Å². The minimum Gasteiger partial charge on any atom is -0.496 e. The molecule has 0 saturated carbocycles. The number of benzene rings is 2. The highest BCUT2D eigenvalue weighted by Crippen LogP contribution is 2.38. The van der Waals surface area contributed by atoms with Gasteiger partial charge in [0, 0.05) is 0 Å². The van der Waals surface area contributed by atoms with Gasteiger partial charge < -0.3 is 9.47 Å². The van der Waals surface area contributed by atoms with E-state index in [4.69, 9.17) is 9.47 Å². The molecule has 5 nitrogen and oxygen atoms in total. The third kappa shape index (κ3) is 2.33. The van der Waals surface area contributed by atoms with Gasteiger partial charge in [0.15, 0.2) is 0 Å². The van der Waals surface area contributed by atoms with Gasteiger partial charge in [-0.25, -0.2) is 4.68 Å². The summed E-state index contributed by atoms with van der Waals surface area (Å²) in [5.41, 5.74) is 2.57. The molecule has 0 aliphatic heterocycles. The van der Waals surface area contributed by atoms with Crippen molar-refractivity contribution in [1.29, 1.82) is 0 Å². The topological polar surface area (TPSA) is 49.2 Å². The summed E-state index contributed by atoms with van der Waals surface area (Å²) in [7, 11) is 3.27. The maximum absolute atomic E-state index is 5.45. The molecule has 0 N–H and O–H groups in total. The highest BCUT2D eigenvalue weighted by molar-refractivity contribution is 5.75. The Morgan fingerprint density at radius 2 is 1.52 bits per heavy atom. The third-order valence-electron chi connectivity index (χ3n) is 3.23. The second-order valence-electron chi connectivity index (χ2n) is 4.40. The average Bonchev–Trinajstić information content (AvgIpc) is 3.04. The molecule has 0 aliphatic carbocycles. The molecule has 1 heterocycles. The molecule has 0 radical (unpaired) electrons. The van der Waals surface area contributed by atoms with Crippen LogP contribution in [0.15, 0.2) is 54.7 Å². The van der Waals surface area contributed by atoms with E-state index in [0.717, 1.165) is 16.9 Å². The largest absolute Gasteiger partial charge is 0.496 e. The summed E-state index contributed by atoms with van der Waals surface area (Å²) < 4.78 is 12.7. The third-order valence-corrected chi connectivity index (χ3v) is 3.23. The molecule has 0 saturated heterocycles. The zero-order valence-corrected chi connectivity index (χ0v) is 11.9. The monoisotopic (exact) mass is 281 g/mol. The summed E-state index contributed by atoms with van der Waals surface area (Å²) >= 11 is 0. The first-order valence-electron chi connectivity index (χ1n) is 6.52. The molecule has 0 fully saturated rings. The Balaban J connectivity index is 2.21. The Labute approximate surface area is 122 Å². The summed E-state index contributed by atoms with van der Waals surface area (Å²) in [6, 6.07) is 15.5. The van der Waals surface area contributed by atoms with E-state index in [-0.39, 0.29) is 0 Å². The summed E-state index contributed by atoms with van der Waals surface area (Å²) in [5, 5.41) is 8.20. The van der Waals surface area contributed by atoms with Crippen molar-refractivity contribution in [1.82, 2.24) is 15.0 Å². The van der Waals surface area contributed by atoms with Crippen LogP contribution in [-0.4, -0.2) is 29.2 Å². The second-order valence-corrected chi connectivity index (χ2v) is 4.40. The van der Waals surface area contributed by atoms with Gasteiger partial charge >= 0.3 is 0 Å². The van der Waals surface area contributed by atoms with Crippen molar-refractivity contribution in [2.75, 3.05) is 14.2 Å². The molecule has 0 bridgehead atoms. The molecule has 0 amide bonds. The maximum Gasteiger partial charge on any atom is 0.132 e. The van der Waals surface area contributed by atoms with Crippen LogP contribution in [0.2, 0.25) is 0 Å². The quantitative estimate of drug-likeness (QED) is 0.737. The lowest BCUT2D eigenvalue weighted by molar-refractivity contribution is 0.397. The van der Waals surface area contributed by atoms with Gasteiger partial charge in [-0.3, -0.25) is 0 Å². The Morgan fingerprint density at radius 1 is 0.857 bits per heavy atom. The van der Waals surface area contributed by atoms with E-state index < -0.39 is 0 Å². The second kappa shape index (κ2) is 5.66. The highest BCUT2D eigenvalue weighted by Gasteiger charge is 2.17. The van der Waals surface area contributed by atoms with E-state index in [0.29, 0.717) is 11.5 Å². The van der Waals surface area contributed by atoms with Crippen LogP contribution in [0.5, 0.6) is 11.5 Å². The van der Waals surface area contributed by atoms with Gasteiger partial charge in [-0.2, -0.15) is 0 Å². The minimum absolute atomic E-state index is 0.717. The first-order chi connectivity index (χ1) is 10.3. The molecule has 0 unspecified atom stereocenters. The number of para-hydroxylation sites is 1. The maximum atomic E-state index is 5.45. The molecular weight excluding hydrogens is 266 g/mol. The fourth-order valence-electron chi connectivity index (χ4n) is 2.27. The molecule has 0 aliphatic rings. The molecular formula is C16H15N3O2. The van der Waals surface area contributed by atoms with E-state index >= 15 is 0 Å². The van der Waals surface area contributed by atoms with Crippen molar-refractivity contribution >= 4 is 0 Å². The van der Waals surface area contributed by atoms with Gasteiger partial charge in [0.25, 0.3) is 0 Å². The fourth-order valence-corrected chi connectivity index (χ4v) is 2.27. The lowest BCUT2D eigenvalue weighted by Crippen LogP contribution is -2.01. The smallest absolute Gasteiger partial charge is 0.132 e. The highest BCUT2D eigenvalue weighted by atomic mass is 16.5. The van der Waals surface area contributed by atoms with Crippen LogP contribution in [0.25, 0.3) is 16.9 Å².